The van der Waals surface area contributed by atoms with E-state index < -0.39 is 0 Å². The van der Waals surface area contributed by atoms with Crippen LogP contribution in [-0.4, -0.2) is 4.57 Å². The van der Waals surface area contributed by atoms with Gasteiger partial charge in [0.1, 0.15) is 0 Å². The van der Waals surface area contributed by atoms with Crippen LogP contribution in [0.2, 0.25) is 0 Å². The van der Waals surface area contributed by atoms with E-state index in [4.69, 9.17) is 0 Å². The standard InChI is InChI=1S/C65H61N3/c1-4-6-12-48-21-29-55(30-22-48)66(56-31-25-52(26-32-56)65-43-49-39-50(44-65)42-64(41-49,45-65)51-23-19-47(5-2)20-24-51)57-33-35-58(36-34-57)67(54-27-17-46(3)18-28-54)59-37-38-63-61(40-59)60-15-10-11-16-62(60)68(63)53-13-8-7-9-14-53/h5,7-11,13-38,40,49-50H,2,4,6,12,39,41-45H2,1,3H3. The Bertz CT molecular complexity index is 3220. The molecule has 4 fully saturated rings. The molecule has 68 heavy (non-hydrogen) atoms. The normalized spacial score (nSPS) is 20.5. The van der Waals surface area contributed by atoms with Gasteiger partial charge in [0.15, 0.2) is 0 Å². The van der Waals surface area contributed by atoms with Gasteiger partial charge in [0.25, 0.3) is 0 Å². The highest BCUT2D eigenvalue weighted by Crippen LogP contribution is 2.66. The van der Waals surface area contributed by atoms with E-state index in [0.717, 1.165) is 41.0 Å². The summed E-state index contributed by atoms with van der Waals surface area (Å²) < 4.78 is 2.39. The predicted molar refractivity (Wildman–Crippen MR) is 288 cm³/mol. The lowest BCUT2D eigenvalue weighted by Crippen LogP contribution is -2.55. The second-order valence-corrected chi connectivity index (χ2v) is 20.6. The summed E-state index contributed by atoms with van der Waals surface area (Å²) >= 11 is 0. The molecule has 1 heterocycles. The number of benzene rings is 8. The number of aromatic nitrogens is 1. The first-order valence-electron chi connectivity index (χ1n) is 25.2. The smallest absolute Gasteiger partial charge is 0.0542 e. The van der Waals surface area contributed by atoms with Crippen LogP contribution in [0.4, 0.5) is 34.1 Å². The van der Waals surface area contributed by atoms with Crippen molar-refractivity contribution in [3.05, 3.63) is 229 Å². The Morgan fingerprint density at radius 1 is 0.529 bits per heavy atom. The molecule has 2 unspecified atom stereocenters. The number of fused-ring (bicyclic) bond motifs is 3. The van der Waals surface area contributed by atoms with E-state index >= 15 is 0 Å². The fraction of sp³-hybridized carbons (Fsp3) is 0.231. The lowest BCUT2D eigenvalue weighted by Gasteiger charge is -2.63. The van der Waals surface area contributed by atoms with Crippen molar-refractivity contribution in [1.82, 2.24) is 4.57 Å². The third kappa shape index (κ3) is 7.44. The molecule has 9 aromatic rings. The average molecular weight is 884 g/mol. The number of hydrogen-bond acceptors (Lipinski definition) is 2. The first-order chi connectivity index (χ1) is 33.4. The Labute approximate surface area is 403 Å². The maximum Gasteiger partial charge on any atom is 0.0542 e. The molecule has 0 saturated heterocycles. The number of anilines is 6. The molecule has 4 saturated carbocycles. The van der Waals surface area contributed by atoms with Crippen LogP contribution in [0.5, 0.6) is 0 Å². The molecule has 0 N–H and O–H groups in total. The van der Waals surface area contributed by atoms with Crippen LogP contribution in [-0.2, 0) is 17.3 Å². The minimum Gasteiger partial charge on any atom is -0.311 e. The Morgan fingerprint density at radius 3 is 1.60 bits per heavy atom. The molecular weight excluding hydrogens is 823 g/mol. The molecule has 4 aliphatic carbocycles. The van der Waals surface area contributed by atoms with Crippen LogP contribution >= 0.6 is 0 Å². The molecule has 4 bridgehead atoms. The van der Waals surface area contributed by atoms with E-state index in [1.165, 1.54) is 112 Å². The van der Waals surface area contributed by atoms with Crippen molar-refractivity contribution in [1.29, 1.82) is 0 Å². The fourth-order valence-corrected chi connectivity index (χ4v) is 13.4. The number of para-hydroxylation sites is 2. The summed E-state index contributed by atoms with van der Waals surface area (Å²) in [4.78, 5) is 4.87. The van der Waals surface area contributed by atoms with Gasteiger partial charge in [-0.3, -0.25) is 0 Å². The summed E-state index contributed by atoms with van der Waals surface area (Å²) in [6.45, 7) is 8.46. The van der Waals surface area contributed by atoms with Crippen molar-refractivity contribution in [3.63, 3.8) is 0 Å². The van der Waals surface area contributed by atoms with E-state index in [0.29, 0.717) is 0 Å². The maximum atomic E-state index is 4.03. The average Bonchev–Trinajstić information content (AvgIpc) is 3.71. The maximum absolute atomic E-state index is 4.03. The molecule has 2 atom stereocenters. The third-order valence-corrected chi connectivity index (χ3v) is 16.2. The summed E-state index contributed by atoms with van der Waals surface area (Å²) in [5, 5.41) is 2.48. The van der Waals surface area contributed by atoms with E-state index in [9.17, 15) is 0 Å². The second-order valence-electron chi connectivity index (χ2n) is 20.6. The van der Waals surface area contributed by atoms with Gasteiger partial charge in [-0.1, -0.05) is 129 Å². The summed E-state index contributed by atoms with van der Waals surface area (Å²) in [5.74, 6) is 1.60. The third-order valence-electron chi connectivity index (χ3n) is 16.2. The zero-order valence-electron chi connectivity index (χ0n) is 39.6. The topological polar surface area (TPSA) is 11.4 Å². The zero-order chi connectivity index (χ0) is 45.8. The van der Waals surface area contributed by atoms with Gasteiger partial charge < -0.3 is 14.4 Å². The monoisotopic (exact) mass is 883 g/mol. The van der Waals surface area contributed by atoms with E-state index in [1.54, 1.807) is 5.56 Å². The van der Waals surface area contributed by atoms with Crippen molar-refractivity contribution in [3.8, 4) is 5.69 Å². The van der Waals surface area contributed by atoms with Crippen LogP contribution in [0.25, 0.3) is 33.6 Å². The number of aryl methyl sites for hydroxylation is 2. The lowest BCUT2D eigenvalue weighted by atomic mass is 9.42. The highest BCUT2D eigenvalue weighted by molar-refractivity contribution is 6.10. The van der Waals surface area contributed by atoms with Crippen molar-refractivity contribution < 1.29 is 0 Å². The van der Waals surface area contributed by atoms with Gasteiger partial charge in [-0.05, 0) is 200 Å². The van der Waals surface area contributed by atoms with Crippen LogP contribution in [0.1, 0.15) is 86.1 Å². The van der Waals surface area contributed by atoms with Crippen molar-refractivity contribution in [2.24, 2.45) is 11.8 Å². The summed E-state index contributed by atoms with van der Waals surface area (Å²) in [7, 11) is 0. The molecule has 4 aliphatic rings. The van der Waals surface area contributed by atoms with Crippen LogP contribution < -0.4 is 9.80 Å². The molecule has 8 aromatic carbocycles. The molecule has 13 rings (SSSR count). The molecule has 0 radical (unpaired) electrons. The molecule has 1 aromatic heterocycles. The first-order valence-corrected chi connectivity index (χ1v) is 25.2. The van der Waals surface area contributed by atoms with Gasteiger partial charge >= 0.3 is 0 Å². The van der Waals surface area contributed by atoms with Crippen LogP contribution in [0.3, 0.4) is 0 Å². The van der Waals surface area contributed by atoms with Gasteiger partial charge in [-0.25, -0.2) is 0 Å². The number of rotatable bonds is 13. The highest BCUT2D eigenvalue weighted by atomic mass is 15.2. The predicted octanol–water partition coefficient (Wildman–Crippen LogP) is 17.8. The Morgan fingerprint density at radius 2 is 1.01 bits per heavy atom. The van der Waals surface area contributed by atoms with Crippen molar-refractivity contribution in [2.75, 3.05) is 9.80 Å². The molecule has 3 heteroatoms. The second kappa shape index (κ2) is 17.2. The van der Waals surface area contributed by atoms with Gasteiger partial charge in [-0.15, -0.1) is 0 Å². The van der Waals surface area contributed by atoms with Crippen molar-refractivity contribution in [2.45, 2.75) is 82.5 Å². The molecule has 3 nitrogen and oxygen atoms in total. The molecule has 0 aliphatic heterocycles. The van der Waals surface area contributed by atoms with Gasteiger partial charge in [0.2, 0.25) is 0 Å². The Kier molecular flexibility index (Phi) is 10.7. The van der Waals surface area contributed by atoms with Gasteiger partial charge in [0.05, 0.1) is 11.0 Å². The highest BCUT2D eigenvalue weighted by Gasteiger charge is 2.58. The lowest BCUT2D eigenvalue weighted by molar-refractivity contribution is -0.0281. The van der Waals surface area contributed by atoms with Crippen LogP contribution in [0, 0.1) is 18.8 Å². The van der Waals surface area contributed by atoms with Crippen molar-refractivity contribution >= 4 is 62.0 Å². The van der Waals surface area contributed by atoms with Gasteiger partial charge in [-0.2, -0.15) is 0 Å². The minimum atomic E-state index is 0.228. The largest absolute Gasteiger partial charge is 0.311 e. The summed E-state index contributed by atoms with van der Waals surface area (Å²) in [5.41, 5.74) is 17.9. The zero-order valence-corrected chi connectivity index (χ0v) is 39.6. The SMILES string of the molecule is C=Cc1ccc(C23CC4CC(C2)CC(c2ccc(N(c5ccc(CCCC)cc5)c5ccc(N(c6ccc(C)cc6)c6ccc7c(c6)c6ccccc6n7-c6ccccc6)cc5)cc2)(C4)C3)cc1. The van der Waals surface area contributed by atoms with Crippen LogP contribution in [0.15, 0.2) is 201 Å². The summed E-state index contributed by atoms with van der Waals surface area (Å²) in [6.07, 6.45) is 13.4. The van der Waals surface area contributed by atoms with E-state index in [2.05, 4.69) is 229 Å². The number of unbranched alkanes of at least 4 members (excludes halogenated alkanes) is 1. The fourth-order valence-electron chi connectivity index (χ4n) is 13.4. The number of hydrogen-bond donors (Lipinski definition) is 0. The number of nitrogens with zero attached hydrogens (tertiary/aromatic N) is 3. The minimum absolute atomic E-state index is 0.228. The quantitative estimate of drug-likeness (QED) is 0.114. The van der Waals surface area contributed by atoms with E-state index in [1.807, 2.05) is 6.08 Å². The van der Waals surface area contributed by atoms with Gasteiger partial charge in [0, 0.05) is 50.6 Å². The molecular formula is C65H61N3. The molecule has 336 valence electrons. The van der Waals surface area contributed by atoms with E-state index in [-0.39, 0.29) is 10.8 Å². The summed E-state index contributed by atoms with van der Waals surface area (Å²) in [6, 6.07) is 73.2. The Balaban J connectivity index is 0.918. The molecule has 0 amide bonds. The first kappa shape index (κ1) is 42.3. The Hall–Kier alpha value is -7.10. The molecule has 0 spiro atoms.